The van der Waals surface area contributed by atoms with Crippen LogP contribution in [0.25, 0.3) is 10.9 Å². The van der Waals surface area contributed by atoms with E-state index in [9.17, 15) is 9.59 Å². The average Bonchev–Trinajstić information content (AvgIpc) is 3.02. The molecule has 3 aromatic rings. The lowest BCUT2D eigenvalue weighted by molar-refractivity contribution is -0.145. The van der Waals surface area contributed by atoms with Gasteiger partial charge in [-0.25, -0.2) is 0 Å². The number of fused-ring (bicyclic) bond motifs is 2. The highest BCUT2D eigenvalue weighted by atomic mass is 16.6. The standard InChI is InChI=1S/C22H21NO5/c1-13-21(16-5-3-4-6-17(16)23-13)22(25)14(2)28-20(24)12-15-7-8-18-19(11-15)27-10-9-26-18/h3-8,11,14,23H,9-10,12H2,1-2H3/t14-/m0/s1. The molecule has 0 radical (unpaired) electrons. The minimum absolute atomic E-state index is 0.0567. The second-order valence-corrected chi connectivity index (χ2v) is 6.82. The first-order valence-electron chi connectivity index (χ1n) is 9.22. The number of carbonyl (C=O) groups excluding carboxylic acids is 2. The highest BCUT2D eigenvalue weighted by molar-refractivity contribution is 6.11. The van der Waals surface area contributed by atoms with E-state index in [2.05, 4.69) is 4.98 Å². The third kappa shape index (κ3) is 3.45. The Morgan fingerprint density at radius 2 is 1.86 bits per heavy atom. The number of nitrogens with one attached hydrogen (secondary N) is 1. The highest BCUT2D eigenvalue weighted by Gasteiger charge is 2.24. The summed E-state index contributed by atoms with van der Waals surface area (Å²) in [4.78, 5) is 28.4. The fraction of sp³-hybridized carbons (Fsp3) is 0.273. The number of para-hydroxylation sites is 1. The molecular weight excluding hydrogens is 358 g/mol. The van der Waals surface area contributed by atoms with Gasteiger partial charge in [-0.15, -0.1) is 0 Å². The van der Waals surface area contributed by atoms with Crippen molar-refractivity contribution in [3.63, 3.8) is 0 Å². The van der Waals surface area contributed by atoms with Crippen molar-refractivity contribution >= 4 is 22.7 Å². The minimum Gasteiger partial charge on any atom is -0.486 e. The largest absolute Gasteiger partial charge is 0.486 e. The van der Waals surface area contributed by atoms with Gasteiger partial charge in [0.25, 0.3) is 0 Å². The Bertz CT molecular complexity index is 1050. The summed E-state index contributed by atoms with van der Waals surface area (Å²) in [6.07, 6.45) is -0.816. The SMILES string of the molecule is Cc1[nH]c2ccccc2c1C(=O)[C@H](C)OC(=O)Cc1ccc2c(c1)OCCO2. The number of aromatic nitrogens is 1. The van der Waals surface area contributed by atoms with Crippen LogP contribution in [-0.2, 0) is 16.0 Å². The molecule has 1 aliphatic rings. The van der Waals surface area contributed by atoms with Crippen LogP contribution in [0.5, 0.6) is 11.5 Å². The van der Waals surface area contributed by atoms with Crippen molar-refractivity contribution in [2.45, 2.75) is 26.4 Å². The van der Waals surface area contributed by atoms with Crippen molar-refractivity contribution in [1.82, 2.24) is 4.98 Å². The molecule has 0 bridgehead atoms. The van der Waals surface area contributed by atoms with E-state index in [1.807, 2.05) is 31.2 Å². The number of H-pyrrole nitrogens is 1. The van der Waals surface area contributed by atoms with Crippen LogP contribution in [0.1, 0.15) is 28.5 Å². The molecule has 1 aromatic heterocycles. The maximum Gasteiger partial charge on any atom is 0.310 e. The van der Waals surface area contributed by atoms with Crippen molar-refractivity contribution in [3.8, 4) is 11.5 Å². The van der Waals surface area contributed by atoms with Crippen molar-refractivity contribution in [2.75, 3.05) is 13.2 Å². The number of benzene rings is 2. The number of rotatable bonds is 5. The lowest BCUT2D eigenvalue weighted by Crippen LogP contribution is -2.25. The average molecular weight is 379 g/mol. The number of carbonyl (C=O) groups is 2. The minimum atomic E-state index is -0.873. The number of aryl methyl sites for hydroxylation is 1. The van der Waals surface area contributed by atoms with E-state index >= 15 is 0 Å². The van der Waals surface area contributed by atoms with Crippen molar-refractivity contribution in [2.24, 2.45) is 0 Å². The van der Waals surface area contributed by atoms with Crippen LogP contribution in [0.15, 0.2) is 42.5 Å². The second-order valence-electron chi connectivity index (χ2n) is 6.82. The molecule has 2 aromatic carbocycles. The van der Waals surface area contributed by atoms with Crippen LogP contribution in [0.4, 0.5) is 0 Å². The van der Waals surface area contributed by atoms with Gasteiger partial charge in [0.2, 0.25) is 5.78 Å². The summed E-state index contributed by atoms with van der Waals surface area (Å²) < 4.78 is 16.4. The Kier molecular flexibility index (Phi) is 4.77. The first-order chi connectivity index (χ1) is 13.5. The van der Waals surface area contributed by atoms with E-state index in [1.165, 1.54) is 0 Å². The summed E-state index contributed by atoms with van der Waals surface area (Å²) in [5.41, 5.74) is 2.96. The molecule has 1 atom stereocenters. The third-order valence-corrected chi connectivity index (χ3v) is 4.77. The summed E-state index contributed by atoms with van der Waals surface area (Å²) >= 11 is 0. The molecule has 0 saturated heterocycles. The first-order valence-corrected chi connectivity index (χ1v) is 9.22. The van der Waals surface area contributed by atoms with Gasteiger partial charge in [-0.05, 0) is 37.6 Å². The summed E-state index contributed by atoms with van der Waals surface area (Å²) in [6, 6.07) is 12.9. The molecule has 28 heavy (non-hydrogen) atoms. The lowest BCUT2D eigenvalue weighted by Gasteiger charge is -2.19. The van der Waals surface area contributed by atoms with Crippen LogP contribution >= 0.6 is 0 Å². The van der Waals surface area contributed by atoms with Gasteiger partial charge in [0.1, 0.15) is 13.2 Å². The van der Waals surface area contributed by atoms with Crippen LogP contribution in [0, 0.1) is 6.92 Å². The maximum atomic E-state index is 12.9. The molecule has 0 saturated carbocycles. The topological polar surface area (TPSA) is 77.6 Å². The number of hydrogen-bond donors (Lipinski definition) is 1. The van der Waals surface area contributed by atoms with Gasteiger partial charge >= 0.3 is 5.97 Å². The molecule has 0 aliphatic carbocycles. The van der Waals surface area contributed by atoms with Crippen molar-refractivity contribution in [3.05, 3.63) is 59.3 Å². The van der Waals surface area contributed by atoms with E-state index in [4.69, 9.17) is 14.2 Å². The van der Waals surface area contributed by atoms with Crippen molar-refractivity contribution < 1.29 is 23.8 Å². The van der Waals surface area contributed by atoms with E-state index in [0.29, 0.717) is 30.3 Å². The van der Waals surface area contributed by atoms with Gasteiger partial charge in [0.15, 0.2) is 17.6 Å². The molecule has 6 heteroatoms. The molecule has 0 fully saturated rings. The quantitative estimate of drug-likeness (QED) is 0.541. The van der Waals surface area contributed by atoms with E-state index < -0.39 is 12.1 Å². The number of ketones is 1. The zero-order valence-corrected chi connectivity index (χ0v) is 15.8. The molecule has 1 N–H and O–H groups in total. The first kappa shape index (κ1) is 18.1. The van der Waals surface area contributed by atoms with Crippen LogP contribution < -0.4 is 9.47 Å². The molecule has 0 amide bonds. The summed E-state index contributed by atoms with van der Waals surface area (Å²) in [5, 5.41) is 0.833. The van der Waals surface area contributed by atoms with Gasteiger partial charge in [-0.2, -0.15) is 0 Å². The highest BCUT2D eigenvalue weighted by Crippen LogP contribution is 2.31. The molecule has 0 spiro atoms. The number of esters is 1. The Morgan fingerprint density at radius 1 is 1.11 bits per heavy atom. The van der Waals surface area contributed by atoms with Gasteiger partial charge in [-0.3, -0.25) is 9.59 Å². The fourth-order valence-corrected chi connectivity index (χ4v) is 3.45. The number of aromatic amines is 1. The van der Waals surface area contributed by atoms with Crippen molar-refractivity contribution in [1.29, 1.82) is 0 Å². The van der Waals surface area contributed by atoms with Gasteiger partial charge in [0.05, 0.1) is 6.42 Å². The predicted molar refractivity (Wildman–Crippen MR) is 104 cm³/mol. The number of hydrogen-bond acceptors (Lipinski definition) is 5. The van der Waals surface area contributed by atoms with E-state index in [-0.39, 0.29) is 12.2 Å². The molecule has 0 unspecified atom stereocenters. The number of ether oxygens (including phenoxy) is 3. The monoisotopic (exact) mass is 379 g/mol. The van der Waals surface area contributed by atoms with Crippen LogP contribution in [0.2, 0.25) is 0 Å². The molecule has 4 rings (SSSR count). The molecule has 6 nitrogen and oxygen atoms in total. The lowest BCUT2D eigenvalue weighted by atomic mass is 10.0. The Hall–Kier alpha value is -3.28. The zero-order valence-electron chi connectivity index (χ0n) is 15.8. The van der Waals surface area contributed by atoms with E-state index in [1.54, 1.807) is 25.1 Å². The van der Waals surface area contributed by atoms with Gasteiger partial charge in [-0.1, -0.05) is 24.3 Å². The Balaban J connectivity index is 1.45. The van der Waals surface area contributed by atoms with Crippen LogP contribution in [0.3, 0.4) is 0 Å². The maximum absolute atomic E-state index is 12.9. The molecule has 1 aliphatic heterocycles. The predicted octanol–water partition coefficient (Wildman–Crippen LogP) is 3.60. The van der Waals surface area contributed by atoms with Gasteiger partial charge < -0.3 is 19.2 Å². The Labute approximate surface area is 162 Å². The van der Waals surface area contributed by atoms with Crippen LogP contribution in [-0.4, -0.2) is 36.1 Å². The zero-order chi connectivity index (χ0) is 19.7. The number of Topliss-reactive ketones (excluding diaryl/α,β-unsaturated/α-hetero) is 1. The third-order valence-electron chi connectivity index (χ3n) is 4.77. The normalized spacial score (nSPS) is 13.9. The van der Waals surface area contributed by atoms with Gasteiger partial charge in [0, 0.05) is 22.2 Å². The molecule has 144 valence electrons. The smallest absolute Gasteiger partial charge is 0.310 e. The fourth-order valence-electron chi connectivity index (χ4n) is 3.45. The summed E-state index contributed by atoms with van der Waals surface area (Å²) in [6.45, 7) is 4.44. The second kappa shape index (κ2) is 7.38. The Morgan fingerprint density at radius 3 is 2.68 bits per heavy atom. The molecular formula is C22H21NO5. The van der Waals surface area contributed by atoms with E-state index in [0.717, 1.165) is 22.2 Å². The molecule has 2 heterocycles. The summed E-state index contributed by atoms with van der Waals surface area (Å²) in [7, 11) is 0. The summed E-state index contributed by atoms with van der Waals surface area (Å²) in [5.74, 6) is 0.609.